The van der Waals surface area contributed by atoms with E-state index in [4.69, 9.17) is 4.74 Å². The van der Waals surface area contributed by atoms with Crippen LogP contribution in [0, 0.1) is 5.92 Å². The van der Waals surface area contributed by atoms with Crippen LogP contribution in [0.25, 0.3) is 0 Å². The molecule has 2 fully saturated rings. The van der Waals surface area contributed by atoms with E-state index in [1.165, 1.54) is 38.9 Å². The van der Waals surface area contributed by atoms with E-state index in [0.717, 1.165) is 31.2 Å². The summed E-state index contributed by atoms with van der Waals surface area (Å²) in [6, 6.07) is 1.63. The third kappa shape index (κ3) is 4.44. The van der Waals surface area contributed by atoms with Crippen molar-refractivity contribution in [3.63, 3.8) is 0 Å². The van der Waals surface area contributed by atoms with Crippen LogP contribution in [0.2, 0.25) is 0 Å². The molecule has 2 heterocycles. The highest BCUT2D eigenvalue weighted by Gasteiger charge is 2.39. The monoisotopic (exact) mass is 268 g/mol. The Kier molecular flexibility index (Phi) is 5.67. The number of fused-ring (bicyclic) bond motifs is 2. The maximum Gasteiger partial charge on any atom is 0.0596 e. The van der Waals surface area contributed by atoms with Crippen molar-refractivity contribution in [2.75, 3.05) is 32.8 Å². The molecule has 0 amide bonds. The Morgan fingerprint density at radius 2 is 1.63 bits per heavy atom. The Labute approximate surface area is 119 Å². The first-order valence-electron chi connectivity index (χ1n) is 8.16. The lowest BCUT2D eigenvalue weighted by atomic mass is 10.1. The summed E-state index contributed by atoms with van der Waals surface area (Å²) in [4.78, 5) is 5.41. The Hall–Kier alpha value is -0.120. The zero-order valence-corrected chi connectivity index (χ0v) is 13.3. The lowest BCUT2D eigenvalue weighted by Crippen LogP contribution is -2.54. The zero-order chi connectivity index (χ0) is 13.8. The van der Waals surface area contributed by atoms with Crippen LogP contribution in [-0.4, -0.2) is 60.8 Å². The fraction of sp³-hybridized carbons (Fsp3) is 1.00. The van der Waals surface area contributed by atoms with Crippen LogP contribution in [0.15, 0.2) is 0 Å². The first kappa shape index (κ1) is 15.3. The van der Waals surface area contributed by atoms with Gasteiger partial charge in [-0.05, 0) is 45.6 Å². The van der Waals surface area contributed by atoms with Gasteiger partial charge in [0, 0.05) is 31.7 Å². The van der Waals surface area contributed by atoms with Crippen molar-refractivity contribution >= 4 is 0 Å². The van der Waals surface area contributed by atoms with Gasteiger partial charge in [-0.15, -0.1) is 0 Å². The van der Waals surface area contributed by atoms with Crippen LogP contribution in [0.5, 0.6) is 0 Å². The SMILES string of the molecule is CC(C)CCN1C2CCC1CN(CCOC(C)C)C2. The smallest absolute Gasteiger partial charge is 0.0596 e. The lowest BCUT2D eigenvalue weighted by molar-refractivity contribution is 0.0225. The number of piperazine rings is 1. The molecule has 2 bridgehead atoms. The van der Waals surface area contributed by atoms with Gasteiger partial charge in [0.2, 0.25) is 0 Å². The Balaban J connectivity index is 1.74. The first-order chi connectivity index (χ1) is 9.06. The predicted molar refractivity (Wildman–Crippen MR) is 80.5 cm³/mol. The summed E-state index contributed by atoms with van der Waals surface area (Å²) in [7, 11) is 0. The number of hydrogen-bond acceptors (Lipinski definition) is 3. The summed E-state index contributed by atoms with van der Waals surface area (Å²) in [6.07, 6.45) is 4.53. The third-order valence-electron chi connectivity index (χ3n) is 4.53. The molecule has 19 heavy (non-hydrogen) atoms. The van der Waals surface area contributed by atoms with Crippen LogP contribution < -0.4 is 0 Å². The second kappa shape index (κ2) is 7.05. The van der Waals surface area contributed by atoms with Gasteiger partial charge in [0.1, 0.15) is 0 Å². The molecule has 2 unspecified atom stereocenters. The normalized spacial score (nSPS) is 28.7. The van der Waals surface area contributed by atoms with Gasteiger partial charge in [-0.1, -0.05) is 13.8 Å². The van der Waals surface area contributed by atoms with Gasteiger partial charge in [-0.2, -0.15) is 0 Å². The number of hydrogen-bond donors (Lipinski definition) is 0. The average molecular weight is 268 g/mol. The van der Waals surface area contributed by atoms with Gasteiger partial charge in [-0.3, -0.25) is 9.80 Å². The highest BCUT2D eigenvalue weighted by molar-refractivity contribution is 4.95. The minimum Gasteiger partial charge on any atom is -0.377 e. The van der Waals surface area contributed by atoms with Gasteiger partial charge >= 0.3 is 0 Å². The molecule has 0 spiro atoms. The first-order valence-corrected chi connectivity index (χ1v) is 8.16. The molecule has 2 rings (SSSR count). The van der Waals surface area contributed by atoms with E-state index in [0.29, 0.717) is 6.10 Å². The van der Waals surface area contributed by atoms with Gasteiger partial charge in [0.25, 0.3) is 0 Å². The lowest BCUT2D eigenvalue weighted by Gasteiger charge is -2.41. The van der Waals surface area contributed by atoms with Crippen LogP contribution in [0.1, 0.15) is 47.0 Å². The molecule has 112 valence electrons. The van der Waals surface area contributed by atoms with Crippen LogP contribution in [-0.2, 0) is 4.74 Å². The molecular weight excluding hydrogens is 236 g/mol. The molecule has 2 saturated heterocycles. The summed E-state index contributed by atoms with van der Waals surface area (Å²) < 4.78 is 5.69. The fourth-order valence-corrected chi connectivity index (χ4v) is 3.45. The maximum atomic E-state index is 5.69. The molecule has 0 N–H and O–H groups in total. The largest absolute Gasteiger partial charge is 0.377 e. The molecular formula is C16H32N2O. The maximum absolute atomic E-state index is 5.69. The molecule has 2 atom stereocenters. The van der Waals surface area contributed by atoms with Crippen molar-refractivity contribution in [1.29, 1.82) is 0 Å². The van der Waals surface area contributed by atoms with E-state index in [9.17, 15) is 0 Å². The van der Waals surface area contributed by atoms with E-state index in [-0.39, 0.29) is 0 Å². The number of ether oxygens (including phenoxy) is 1. The van der Waals surface area contributed by atoms with Crippen LogP contribution >= 0.6 is 0 Å². The number of likely N-dealkylation sites (tertiary alicyclic amines) is 1. The van der Waals surface area contributed by atoms with Gasteiger partial charge in [0.05, 0.1) is 12.7 Å². The van der Waals surface area contributed by atoms with Gasteiger partial charge in [0.15, 0.2) is 0 Å². The van der Waals surface area contributed by atoms with Crippen molar-refractivity contribution in [3.05, 3.63) is 0 Å². The topological polar surface area (TPSA) is 15.7 Å². The zero-order valence-electron chi connectivity index (χ0n) is 13.3. The average Bonchev–Trinajstić information content (AvgIpc) is 2.56. The summed E-state index contributed by atoms with van der Waals surface area (Å²) in [5.41, 5.74) is 0. The summed E-state index contributed by atoms with van der Waals surface area (Å²) >= 11 is 0. The van der Waals surface area contributed by atoms with Crippen molar-refractivity contribution in [1.82, 2.24) is 9.80 Å². The third-order valence-corrected chi connectivity index (χ3v) is 4.53. The molecule has 2 aliphatic heterocycles. The Bertz CT molecular complexity index is 253. The quantitative estimate of drug-likeness (QED) is 0.706. The van der Waals surface area contributed by atoms with Gasteiger partial charge < -0.3 is 4.74 Å². The van der Waals surface area contributed by atoms with Crippen LogP contribution in [0.3, 0.4) is 0 Å². The van der Waals surface area contributed by atoms with E-state index < -0.39 is 0 Å². The van der Waals surface area contributed by atoms with E-state index in [1.54, 1.807) is 0 Å². The second-order valence-electron chi connectivity index (χ2n) is 6.98. The molecule has 2 aliphatic rings. The Morgan fingerprint density at radius 3 is 2.16 bits per heavy atom. The van der Waals surface area contributed by atoms with Crippen molar-refractivity contribution in [2.45, 2.75) is 65.1 Å². The Morgan fingerprint density at radius 1 is 1.00 bits per heavy atom. The van der Waals surface area contributed by atoms with E-state index in [2.05, 4.69) is 37.5 Å². The number of nitrogens with zero attached hydrogens (tertiary/aromatic N) is 2. The number of rotatable bonds is 7. The molecule has 3 nitrogen and oxygen atoms in total. The highest BCUT2D eigenvalue weighted by Crippen LogP contribution is 2.30. The van der Waals surface area contributed by atoms with E-state index in [1.807, 2.05) is 0 Å². The standard InChI is InChI=1S/C16H32N2O/c1-13(2)7-8-18-15-5-6-16(18)12-17(11-15)9-10-19-14(3)4/h13-16H,5-12H2,1-4H3. The summed E-state index contributed by atoms with van der Waals surface area (Å²) in [6.45, 7) is 14.7. The minimum absolute atomic E-state index is 0.365. The molecule has 0 aliphatic carbocycles. The molecule has 0 radical (unpaired) electrons. The molecule has 0 aromatic carbocycles. The van der Waals surface area contributed by atoms with Crippen molar-refractivity contribution in [3.8, 4) is 0 Å². The van der Waals surface area contributed by atoms with Crippen molar-refractivity contribution < 1.29 is 4.74 Å². The molecule has 3 heteroatoms. The minimum atomic E-state index is 0.365. The fourth-order valence-electron chi connectivity index (χ4n) is 3.45. The highest BCUT2D eigenvalue weighted by atomic mass is 16.5. The summed E-state index contributed by atoms with van der Waals surface area (Å²) in [5, 5.41) is 0. The van der Waals surface area contributed by atoms with Gasteiger partial charge in [-0.25, -0.2) is 0 Å². The van der Waals surface area contributed by atoms with E-state index >= 15 is 0 Å². The second-order valence-corrected chi connectivity index (χ2v) is 6.98. The van der Waals surface area contributed by atoms with Crippen LogP contribution in [0.4, 0.5) is 0 Å². The molecule has 0 saturated carbocycles. The van der Waals surface area contributed by atoms with Crippen molar-refractivity contribution in [2.24, 2.45) is 5.92 Å². The molecule has 0 aromatic rings. The molecule has 0 aromatic heterocycles. The summed E-state index contributed by atoms with van der Waals surface area (Å²) in [5.74, 6) is 0.830. The predicted octanol–water partition coefficient (Wildman–Crippen LogP) is 2.61.